The molecule has 1 aromatic carbocycles. The summed E-state index contributed by atoms with van der Waals surface area (Å²) in [6.45, 7) is 10.4. The van der Waals surface area contributed by atoms with Crippen molar-refractivity contribution in [3.05, 3.63) is 52.3 Å². The van der Waals surface area contributed by atoms with Gasteiger partial charge in [0.2, 0.25) is 0 Å². The third-order valence-electron chi connectivity index (χ3n) is 8.34. The van der Waals surface area contributed by atoms with Crippen molar-refractivity contribution in [2.24, 2.45) is 10.8 Å². The second-order valence-corrected chi connectivity index (χ2v) is 12.1. The average Bonchev–Trinajstić information content (AvgIpc) is 3.56. The SMILES string of the molecule is CCc1nn(CC(C)(C)COC(=O)c2ccc(C(=O)N3CCCC3)cc2)c2c1C(=O)NCC1(CCOCC1)C2. The highest BCUT2D eigenvalue weighted by Gasteiger charge is 2.40. The van der Waals surface area contributed by atoms with Crippen LogP contribution in [0.1, 0.15) is 88.9 Å². The number of aryl methyl sites for hydroxylation is 1. The second-order valence-electron chi connectivity index (χ2n) is 12.1. The largest absolute Gasteiger partial charge is 0.461 e. The zero-order valence-electron chi connectivity index (χ0n) is 23.4. The normalized spacial score (nSPS) is 18.9. The van der Waals surface area contributed by atoms with Gasteiger partial charge < -0.3 is 19.7 Å². The van der Waals surface area contributed by atoms with Gasteiger partial charge in [-0.05, 0) is 68.2 Å². The van der Waals surface area contributed by atoms with Crippen molar-refractivity contribution in [2.45, 2.75) is 65.8 Å². The van der Waals surface area contributed by atoms with Crippen LogP contribution in [0.5, 0.6) is 0 Å². The molecule has 39 heavy (non-hydrogen) atoms. The minimum absolute atomic E-state index is 0.00886. The summed E-state index contributed by atoms with van der Waals surface area (Å²) in [4.78, 5) is 40.4. The zero-order valence-corrected chi connectivity index (χ0v) is 23.4. The van der Waals surface area contributed by atoms with E-state index in [1.54, 1.807) is 24.3 Å². The average molecular weight is 537 g/mol. The molecule has 9 nitrogen and oxygen atoms in total. The van der Waals surface area contributed by atoms with Crippen molar-refractivity contribution in [3.8, 4) is 0 Å². The van der Waals surface area contributed by atoms with Gasteiger partial charge in [0.05, 0.1) is 29.1 Å². The van der Waals surface area contributed by atoms with Gasteiger partial charge in [-0.15, -0.1) is 0 Å². The van der Waals surface area contributed by atoms with E-state index in [0.29, 0.717) is 49.4 Å². The first kappa shape index (κ1) is 27.4. The predicted molar refractivity (Wildman–Crippen MR) is 146 cm³/mol. The van der Waals surface area contributed by atoms with E-state index in [1.807, 2.05) is 30.4 Å². The van der Waals surface area contributed by atoms with Crippen molar-refractivity contribution in [1.29, 1.82) is 0 Å². The topological polar surface area (TPSA) is 103 Å². The molecule has 4 heterocycles. The first-order valence-electron chi connectivity index (χ1n) is 14.2. The van der Waals surface area contributed by atoms with Crippen molar-refractivity contribution in [2.75, 3.05) is 39.5 Å². The van der Waals surface area contributed by atoms with E-state index in [-0.39, 0.29) is 23.8 Å². The van der Waals surface area contributed by atoms with Crippen LogP contribution in [-0.2, 0) is 28.9 Å². The number of ether oxygens (including phenoxy) is 2. The molecule has 0 bridgehead atoms. The summed E-state index contributed by atoms with van der Waals surface area (Å²) < 4.78 is 13.3. The smallest absolute Gasteiger partial charge is 0.338 e. The van der Waals surface area contributed by atoms with Crippen LogP contribution in [0.15, 0.2) is 24.3 Å². The predicted octanol–water partition coefficient (Wildman–Crippen LogP) is 3.65. The van der Waals surface area contributed by atoms with E-state index in [0.717, 1.165) is 56.6 Å². The number of likely N-dealkylation sites (tertiary alicyclic amines) is 1. The van der Waals surface area contributed by atoms with E-state index in [2.05, 4.69) is 5.32 Å². The first-order chi connectivity index (χ1) is 18.7. The van der Waals surface area contributed by atoms with Gasteiger partial charge in [0.15, 0.2) is 0 Å². The fourth-order valence-corrected chi connectivity index (χ4v) is 5.95. The Hall–Kier alpha value is -3.20. The highest BCUT2D eigenvalue weighted by Crippen LogP contribution is 2.38. The minimum atomic E-state index is -0.419. The molecule has 1 N–H and O–H groups in total. The Bertz CT molecular complexity index is 1220. The molecule has 5 rings (SSSR count). The Labute approximate surface area is 230 Å². The van der Waals surface area contributed by atoms with E-state index >= 15 is 0 Å². The van der Waals surface area contributed by atoms with Gasteiger partial charge in [-0.25, -0.2) is 4.79 Å². The molecule has 0 unspecified atom stereocenters. The molecule has 210 valence electrons. The molecule has 2 amide bonds. The van der Waals surface area contributed by atoms with Crippen LogP contribution in [0.3, 0.4) is 0 Å². The molecule has 3 aliphatic heterocycles. The number of nitrogens with one attached hydrogen (secondary N) is 1. The number of rotatable bonds is 7. The highest BCUT2D eigenvalue weighted by atomic mass is 16.5. The maximum absolute atomic E-state index is 13.1. The number of hydrogen-bond donors (Lipinski definition) is 1. The molecule has 1 aromatic heterocycles. The summed E-state index contributed by atoms with van der Waals surface area (Å²) >= 11 is 0. The summed E-state index contributed by atoms with van der Waals surface area (Å²) in [5, 5.41) is 8.01. The van der Waals surface area contributed by atoms with Crippen LogP contribution in [0.25, 0.3) is 0 Å². The molecule has 2 aromatic rings. The Kier molecular flexibility index (Phi) is 7.80. The number of nitrogens with zero attached hydrogens (tertiary/aromatic N) is 3. The number of amides is 2. The molecule has 3 aliphatic rings. The molecule has 9 heteroatoms. The van der Waals surface area contributed by atoms with E-state index in [9.17, 15) is 14.4 Å². The lowest BCUT2D eigenvalue weighted by Crippen LogP contribution is -2.41. The Morgan fingerprint density at radius 2 is 1.77 bits per heavy atom. The lowest BCUT2D eigenvalue weighted by molar-refractivity contribution is 0.0145. The van der Waals surface area contributed by atoms with Gasteiger partial charge in [0.25, 0.3) is 11.8 Å². The fourth-order valence-electron chi connectivity index (χ4n) is 5.95. The van der Waals surface area contributed by atoms with Crippen LogP contribution < -0.4 is 5.32 Å². The molecule has 0 aliphatic carbocycles. The Balaban J connectivity index is 1.27. The monoisotopic (exact) mass is 536 g/mol. The Morgan fingerprint density at radius 1 is 1.10 bits per heavy atom. The van der Waals surface area contributed by atoms with Crippen LogP contribution in [0, 0.1) is 10.8 Å². The van der Waals surface area contributed by atoms with Crippen molar-refractivity contribution >= 4 is 17.8 Å². The highest BCUT2D eigenvalue weighted by molar-refractivity contribution is 5.97. The van der Waals surface area contributed by atoms with Crippen molar-refractivity contribution in [1.82, 2.24) is 20.0 Å². The van der Waals surface area contributed by atoms with Gasteiger partial charge in [-0.3, -0.25) is 14.3 Å². The molecular weight excluding hydrogens is 496 g/mol. The second kappa shape index (κ2) is 11.1. The van der Waals surface area contributed by atoms with E-state index in [1.165, 1.54) is 0 Å². The number of esters is 1. The van der Waals surface area contributed by atoms with Crippen LogP contribution in [0.2, 0.25) is 0 Å². The van der Waals surface area contributed by atoms with Gasteiger partial charge in [0, 0.05) is 50.4 Å². The van der Waals surface area contributed by atoms with E-state index < -0.39 is 11.4 Å². The van der Waals surface area contributed by atoms with Gasteiger partial charge in [0.1, 0.15) is 0 Å². The summed E-state index contributed by atoms with van der Waals surface area (Å²) in [6.07, 6.45) is 5.33. The molecular formula is C30H40N4O5. The summed E-state index contributed by atoms with van der Waals surface area (Å²) in [6, 6.07) is 6.71. The number of carbonyl (C=O) groups excluding carboxylic acids is 3. The van der Waals surface area contributed by atoms with Crippen molar-refractivity contribution < 1.29 is 23.9 Å². The van der Waals surface area contributed by atoms with E-state index in [4.69, 9.17) is 14.6 Å². The fraction of sp³-hybridized carbons (Fsp3) is 0.600. The summed E-state index contributed by atoms with van der Waals surface area (Å²) in [7, 11) is 0. The standard InChI is InChI=1S/C30H40N4O5/c1-4-23-25-24(17-30(18-31-26(25)35)11-15-38-16-12-30)34(32-23)19-29(2,3)20-39-28(37)22-9-7-21(8-10-22)27(36)33-13-5-6-14-33/h7-10H,4-6,11-20H2,1-3H3,(H,31,35). The third kappa shape index (κ3) is 5.88. The molecule has 0 radical (unpaired) electrons. The van der Waals surface area contributed by atoms with Gasteiger partial charge in [-0.2, -0.15) is 5.10 Å². The number of aromatic nitrogens is 2. The number of carbonyl (C=O) groups is 3. The van der Waals surface area contributed by atoms with Crippen LogP contribution >= 0.6 is 0 Å². The number of benzene rings is 1. The van der Waals surface area contributed by atoms with Gasteiger partial charge in [-0.1, -0.05) is 20.8 Å². The lowest BCUT2D eigenvalue weighted by atomic mass is 9.76. The third-order valence-corrected chi connectivity index (χ3v) is 8.34. The summed E-state index contributed by atoms with van der Waals surface area (Å²) in [5.74, 6) is -0.459. The number of hydrogen-bond acceptors (Lipinski definition) is 6. The molecule has 2 saturated heterocycles. The zero-order chi connectivity index (χ0) is 27.6. The Morgan fingerprint density at radius 3 is 2.44 bits per heavy atom. The summed E-state index contributed by atoms with van der Waals surface area (Å²) in [5.41, 5.74) is 3.05. The number of fused-ring (bicyclic) bond motifs is 1. The minimum Gasteiger partial charge on any atom is -0.461 e. The van der Waals surface area contributed by atoms with Crippen LogP contribution in [0.4, 0.5) is 0 Å². The first-order valence-corrected chi connectivity index (χ1v) is 14.2. The van der Waals surface area contributed by atoms with Gasteiger partial charge >= 0.3 is 5.97 Å². The van der Waals surface area contributed by atoms with Crippen LogP contribution in [-0.4, -0.2) is 71.9 Å². The molecule has 2 fully saturated rings. The molecule has 0 atom stereocenters. The lowest BCUT2D eigenvalue weighted by Gasteiger charge is -2.36. The molecule has 1 spiro atoms. The maximum atomic E-state index is 13.1. The maximum Gasteiger partial charge on any atom is 0.338 e. The molecule has 0 saturated carbocycles. The quantitative estimate of drug-likeness (QED) is 0.542. The van der Waals surface area contributed by atoms with Crippen molar-refractivity contribution in [3.63, 3.8) is 0 Å².